The molecular formula is C19H18N4O2. The highest BCUT2D eigenvalue weighted by atomic mass is 16.5. The van der Waals surface area contributed by atoms with Crippen molar-refractivity contribution in [1.82, 2.24) is 15.2 Å². The first kappa shape index (κ1) is 16.4. The highest BCUT2D eigenvalue weighted by Crippen LogP contribution is 2.14. The maximum absolute atomic E-state index is 12.3. The van der Waals surface area contributed by atoms with Gasteiger partial charge in [0.05, 0.1) is 19.9 Å². The lowest BCUT2D eigenvalue weighted by molar-refractivity contribution is 0.0955. The van der Waals surface area contributed by atoms with Crippen LogP contribution < -0.4 is 10.2 Å². The van der Waals surface area contributed by atoms with E-state index in [1.807, 2.05) is 54.7 Å². The number of carbonyl (C=O) groups excluding carboxylic acids is 1. The number of para-hydroxylation sites is 1. The minimum atomic E-state index is -0.270. The Kier molecular flexibility index (Phi) is 5.21. The van der Waals surface area contributed by atoms with E-state index in [0.717, 1.165) is 11.1 Å². The molecular weight excluding hydrogens is 316 g/mol. The van der Waals surface area contributed by atoms with E-state index < -0.39 is 0 Å². The summed E-state index contributed by atoms with van der Waals surface area (Å²) in [5.74, 6) is 0.426. The molecule has 6 heteroatoms. The molecule has 0 spiro atoms. The Morgan fingerprint density at radius 1 is 1.24 bits per heavy atom. The van der Waals surface area contributed by atoms with Crippen molar-refractivity contribution in [3.63, 3.8) is 0 Å². The van der Waals surface area contributed by atoms with E-state index in [0.29, 0.717) is 17.9 Å². The summed E-state index contributed by atoms with van der Waals surface area (Å²) < 4.78 is 7.04. The molecule has 0 fully saturated rings. The number of hydrogen-bond donors (Lipinski definition) is 1. The van der Waals surface area contributed by atoms with Gasteiger partial charge in [0.25, 0.3) is 5.91 Å². The molecule has 6 nitrogen and oxygen atoms in total. The molecule has 0 radical (unpaired) electrons. The van der Waals surface area contributed by atoms with Crippen LogP contribution in [0, 0.1) is 0 Å². The fourth-order valence-corrected chi connectivity index (χ4v) is 2.39. The Morgan fingerprint density at radius 3 is 2.92 bits per heavy atom. The van der Waals surface area contributed by atoms with E-state index in [2.05, 4.69) is 15.6 Å². The van der Waals surface area contributed by atoms with Gasteiger partial charge in [-0.05, 0) is 35.9 Å². The lowest BCUT2D eigenvalue weighted by Crippen LogP contribution is -2.18. The van der Waals surface area contributed by atoms with Crippen LogP contribution >= 0.6 is 0 Å². The predicted octanol–water partition coefficient (Wildman–Crippen LogP) is 2.70. The second kappa shape index (κ2) is 7.92. The third kappa shape index (κ3) is 4.32. The van der Waals surface area contributed by atoms with Crippen molar-refractivity contribution in [1.29, 1.82) is 0 Å². The van der Waals surface area contributed by atoms with Gasteiger partial charge in [0.1, 0.15) is 5.75 Å². The van der Waals surface area contributed by atoms with Gasteiger partial charge in [-0.2, -0.15) is 10.2 Å². The van der Waals surface area contributed by atoms with Gasteiger partial charge >= 0.3 is 0 Å². The second-order valence-electron chi connectivity index (χ2n) is 5.35. The van der Waals surface area contributed by atoms with E-state index in [1.165, 1.54) is 0 Å². The summed E-state index contributed by atoms with van der Waals surface area (Å²) in [4.78, 5) is 12.3. The molecule has 0 aliphatic carbocycles. The molecule has 0 saturated heterocycles. The molecule has 1 heterocycles. The van der Waals surface area contributed by atoms with Crippen molar-refractivity contribution in [3.05, 3.63) is 83.7 Å². The first-order chi connectivity index (χ1) is 12.3. The number of ether oxygens (including phenoxy) is 1. The lowest BCUT2D eigenvalue weighted by atomic mass is 10.1. The number of carbonyl (C=O) groups is 1. The van der Waals surface area contributed by atoms with Crippen molar-refractivity contribution in [2.75, 3.05) is 7.11 Å². The normalized spacial score (nSPS) is 10.8. The molecule has 0 saturated carbocycles. The van der Waals surface area contributed by atoms with E-state index in [-0.39, 0.29) is 5.91 Å². The average Bonchev–Trinajstić information content (AvgIpc) is 3.15. The first-order valence-corrected chi connectivity index (χ1v) is 7.79. The lowest BCUT2D eigenvalue weighted by Gasteiger charge is -2.05. The van der Waals surface area contributed by atoms with E-state index in [1.54, 1.807) is 30.3 Å². The zero-order valence-electron chi connectivity index (χ0n) is 13.8. The Balaban J connectivity index is 1.66. The number of hydrogen-bond acceptors (Lipinski definition) is 4. The summed E-state index contributed by atoms with van der Waals surface area (Å²) in [5.41, 5.74) is 4.86. The van der Waals surface area contributed by atoms with Gasteiger partial charge in [-0.1, -0.05) is 24.3 Å². The maximum Gasteiger partial charge on any atom is 0.271 e. The smallest absolute Gasteiger partial charge is 0.271 e. The number of nitrogens with zero attached hydrogens (tertiary/aromatic N) is 3. The summed E-state index contributed by atoms with van der Waals surface area (Å²) in [6, 6.07) is 16.7. The van der Waals surface area contributed by atoms with Gasteiger partial charge in [-0.3, -0.25) is 9.48 Å². The largest absolute Gasteiger partial charge is 0.496 e. The van der Waals surface area contributed by atoms with Crippen LogP contribution in [-0.2, 0) is 6.54 Å². The molecule has 1 N–H and O–H groups in total. The molecule has 0 aliphatic rings. The molecule has 0 atom stereocenters. The van der Waals surface area contributed by atoms with Crippen LogP contribution in [0.5, 0.6) is 5.75 Å². The van der Waals surface area contributed by atoms with Crippen LogP contribution in [-0.4, -0.2) is 29.0 Å². The molecule has 3 rings (SSSR count). The fraction of sp³-hybridized carbons (Fsp3) is 0.105. The van der Waals surface area contributed by atoms with Crippen LogP contribution in [0.15, 0.2) is 72.1 Å². The van der Waals surface area contributed by atoms with Gasteiger partial charge in [-0.25, -0.2) is 5.43 Å². The Labute approximate surface area is 145 Å². The Bertz CT molecular complexity index is 873. The highest BCUT2D eigenvalue weighted by molar-refractivity contribution is 5.95. The molecule has 1 amide bonds. The molecule has 0 aliphatic heterocycles. The number of methoxy groups -OCH3 is 1. The predicted molar refractivity (Wildman–Crippen MR) is 95.8 cm³/mol. The number of nitrogens with one attached hydrogen (secondary N) is 1. The van der Waals surface area contributed by atoms with E-state index >= 15 is 0 Å². The molecule has 0 bridgehead atoms. The Morgan fingerprint density at radius 2 is 2.12 bits per heavy atom. The minimum Gasteiger partial charge on any atom is -0.496 e. The number of rotatable bonds is 6. The quantitative estimate of drug-likeness (QED) is 0.557. The van der Waals surface area contributed by atoms with E-state index in [9.17, 15) is 4.79 Å². The van der Waals surface area contributed by atoms with Crippen LogP contribution in [0.1, 0.15) is 21.5 Å². The van der Waals surface area contributed by atoms with Gasteiger partial charge in [0.15, 0.2) is 0 Å². The molecule has 2 aromatic carbocycles. The number of amides is 1. The molecule has 126 valence electrons. The van der Waals surface area contributed by atoms with Crippen LogP contribution in [0.25, 0.3) is 0 Å². The molecule has 1 aromatic heterocycles. The topological polar surface area (TPSA) is 68.5 Å². The zero-order valence-corrected chi connectivity index (χ0v) is 13.8. The molecule has 0 unspecified atom stereocenters. The number of hydrazone groups is 1. The van der Waals surface area contributed by atoms with Crippen molar-refractivity contribution in [3.8, 4) is 5.75 Å². The van der Waals surface area contributed by atoms with Crippen LogP contribution in [0.2, 0.25) is 0 Å². The van der Waals surface area contributed by atoms with Crippen molar-refractivity contribution in [2.24, 2.45) is 5.10 Å². The summed E-state index contributed by atoms with van der Waals surface area (Å²) in [7, 11) is 1.59. The Hall–Kier alpha value is -3.41. The van der Waals surface area contributed by atoms with Gasteiger partial charge < -0.3 is 4.74 Å². The summed E-state index contributed by atoms with van der Waals surface area (Å²) in [6.07, 6.45) is 5.16. The van der Waals surface area contributed by atoms with E-state index in [4.69, 9.17) is 4.74 Å². The minimum absolute atomic E-state index is 0.270. The van der Waals surface area contributed by atoms with Gasteiger partial charge in [0.2, 0.25) is 0 Å². The van der Waals surface area contributed by atoms with Crippen LogP contribution in [0.4, 0.5) is 0 Å². The third-order valence-electron chi connectivity index (χ3n) is 3.60. The van der Waals surface area contributed by atoms with Crippen molar-refractivity contribution in [2.45, 2.75) is 6.54 Å². The highest BCUT2D eigenvalue weighted by Gasteiger charge is 2.06. The maximum atomic E-state index is 12.3. The zero-order chi connectivity index (χ0) is 17.5. The van der Waals surface area contributed by atoms with Gasteiger partial charge in [-0.15, -0.1) is 0 Å². The monoisotopic (exact) mass is 334 g/mol. The molecule has 3 aromatic rings. The first-order valence-electron chi connectivity index (χ1n) is 7.79. The summed E-state index contributed by atoms with van der Waals surface area (Å²) in [5, 5.41) is 8.18. The van der Waals surface area contributed by atoms with Crippen LogP contribution in [0.3, 0.4) is 0 Å². The standard InChI is InChI=1S/C19H18N4O2/c1-25-18-9-3-2-7-17(18)13-20-22-19(24)16-8-4-6-15(12-16)14-23-11-5-10-21-23/h2-13H,14H2,1H3,(H,22,24). The number of aromatic nitrogens is 2. The van der Waals surface area contributed by atoms with Gasteiger partial charge in [0, 0.05) is 23.5 Å². The van der Waals surface area contributed by atoms with Crippen molar-refractivity contribution >= 4 is 12.1 Å². The average molecular weight is 334 g/mol. The second-order valence-corrected chi connectivity index (χ2v) is 5.35. The summed E-state index contributed by atoms with van der Waals surface area (Å²) in [6.45, 7) is 0.610. The third-order valence-corrected chi connectivity index (χ3v) is 3.60. The number of benzene rings is 2. The van der Waals surface area contributed by atoms with Crippen molar-refractivity contribution < 1.29 is 9.53 Å². The summed E-state index contributed by atoms with van der Waals surface area (Å²) >= 11 is 0. The SMILES string of the molecule is COc1ccccc1C=NNC(=O)c1cccc(Cn2cccn2)c1. The molecule has 25 heavy (non-hydrogen) atoms. The fourth-order valence-electron chi connectivity index (χ4n) is 2.39.